The van der Waals surface area contributed by atoms with Gasteiger partial charge in [-0.25, -0.2) is 13.8 Å². The van der Waals surface area contributed by atoms with Crippen LogP contribution in [0.5, 0.6) is 5.75 Å². The first-order valence-electron chi connectivity index (χ1n) is 10.3. The molecule has 0 radical (unpaired) electrons. The molecule has 1 amide bonds. The molecule has 11 heteroatoms. The highest BCUT2D eigenvalue weighted by Crippen LogP contribution is 2.26. The highest BCUT2D eigenvalue weighted by atomic mass is 32.2. The summed E-state index contributed by atoms with van der Waals surface area (Å²) < 4.78 is 32.8. The average Bonchev–Trinajstić information content (AvgIpc) is 2.87. The number of anilines is 1. The molecule has 10 nitrogen and oxygen atoms in total. The number of benzene rings is 3. The molecule has 0 aliphatic rings. The summed E-state index contributed by atoms with van der Waals surface area (Å²) in [5.74, 6) is -0.155. The molecule has 0 bridgehead atoms. The highest BCUT2D eigenvalue weighted by Gasteiger charge is 2.28. The number of rotatable bonds is 11. The van der Waals surface area contributed by atoms with Gasteiger partial charge in [-0.05, 0) is 35.9 Å². The van der Waals surface area contributed by atoms with Crippen molar-refractivity contribution in [2.75, 3.05) is 17.5 Å². The lowest BCUT2D eigenvalue weighted by molar-refractivity contribution is -0.384. The Labute approximate surface area is 202 Å². The van der Waals surface area contributed by atoms with Crippen LogP contribution in [0.1, 0.15) is 5.56 Å². The Morgan fingerprint density at radius 2 is 1.83 bits per heavy atom. The van der Waals surface area contributed by atoms with E-state index in [9.17, 15) is 23.3 Å². The van der Waals surface area contributed by atoms with Crippen molar-refractivity contribution in [3.8, 4) is 5.75 Å². The molecule has 0 saturated heterocycles. The van der Waals surface area contributed by atoms with Gasteiger partial charge in [-0.3, -0.25) is 19.2 Å². The molecule has 0 fully saturated rings. The van der Waals surface area contributed by atoms with Gasteiger partial charge >= 0.3 is 0 Å². The van der Waals surface area contributed by atoms with Crippen molar-refractivity contribution in [2.24, 2.45) is 5.10 Å². The molecule has 0 aromatic heterocycles. The second-order valence-electron chi connectivity index (χ2n) is 7.07. The molecule has 0 spiro atoms. The van der Waals surface area contributed by atoms with Crippen molar-refractivity contribution < 1.29 is 22.9 Å². The maximum Gasteiger partial charge on any atom is 0.271 e. The van der Waals surface area contributed by atoms with Gasteiger partial charge in [-0.2, -0.15) is 5.10 Å². The molecule has 0 unspecified atom stereocenters. The Morgan fingerprint density at radius 3 is 2.54 bits per heavy atom. The fourth-order valence-electron chi connectivity index (χ4n) is 2.98. The van der Waals surface area contributed by atoms with Crippen molar-refractivity contribution >= 4 is 33.5 Å². The van der Waals surface area contributed by atoms with E-state index in [0.717, 1.165) is 10.4 Å². The number of hydrogen-bond acceptors (Lipinski definition) is 7. The standard InChI is InChI=1S/C24H22N4O6S/c1-2-14-34-22-11-6-8-19(15-22)17-25-26-24(29)18-27(20-9-7-10-21(16-20)28(30)31)35(32,33)23-12-4-3-5-13-23/h2-13,15-17H,1,14,18H2,(H,26,29). The summed E-state index contributed by atoms with van der Waals surface area (Å²) in [7, 11) is -4.21. The van der Waals surface area contributed by atoms with E-state index in [-0.39, 0.29) is 16.3 Å². The lowest BCUT2D eigenvalue weighted by Gasteiger charge is -2.23. The van der Waals surface area contributed by atoms with E-state index >= 15 is 0 Å². The van der Waals surface area contributed by atoms with Gasteiger partial charge in [0.2, 0.25) is 0 Å². The predicted molar refractivity (Wildman–Crippen MR) is 132 cm³/mol. The van der Waals surface area contributed by atoms with Gasteiger partial charge in [0.05, 0.1) is 21.7 Å². The van der Waals surface area contributed by atoms with E-state index in [1.54, 1.807) is 36.4 Å². The number of nitro groups is 1. The second-order valence-corrected chi connectivity index (χ2v) is 8.93. The van der Waals surface area contributed by atoms with E-state index in [4.69, 9.17) is 4.74 Å². The average molecular weight is 495 g/mol. The molecule has 0 heterocycles. The molecule has 0 aliphatic carbocycles. The number of amides is 1. The summed E-state index contributed by atoms with van der Waals surface area (Å²) in [6.45, 7) is 3.26. The van der Waals surface area contributed by atoms with Gasteiger partial charge in [0, 0.05) is 12.1 Å². The Morgan fingerprint density at radius 1 is 1.09 bits per heavy atom. The number of carbonyl (C=O) groups is 1. The summed E-state index contributed by atoms with van der Waals surface area (Å²) in [5.41, 5.74) is 2.58. The van der Waals surface area contributed by atoms with Crippen LogP contribution in [0.25, 0.3) is 0 Å². The largest absolute Gasteiger partial charge is 0.490 e. The van der Waals surface area contributed by atoms with Crippen LogP contribution in [0, 0.1) is 10.1 Å². The number of nitro benzene ring substituents is 1. The van der Waals surface area contributed by atoms with Gasteiger partial charge in [0.15, 0.2) is 0 Å². The normalized spacial score (nSPS) is 11.1. The topological polar surface area (TPSA) is 131 Å². The van der Waals surface area contributed by atoms with Gasteiger partial charge in [0.1, 0.15) is 18.9 Å². The molecule has 0 atom stereocenters. The van der Waals surface area contributed by atoms with Crippen LogP contribution in [0.2, 0.25) is 0 Å². The van der Waals surface area contributed by atoms with Crippen LogP contribution in [-0.2, 0) is 14.8 Å². The number of carbonyl (C=O) groups excluding carboxylic acids is 1. The SMILES string of the molecule is C=CCOc1cccc(C=NNC(=O)CN(c2cccc([N+](=O)[O-])c2)S(=O)(=O)c2ccccc2)c1. The molecule has 3 aromatic rings. The van der Waals surface area contributed by atoms with Crippen LogP contribution < -0.4 is 14.5 Å². The smallest absolute Gasteiger partial charge is 0.271 e. The van der Waals surface area contributed by atoms with Crippen molar-refractivity contribution in [3.05, 3.63) is 107 Å². The van der Waals surface area contributed by atoms with Crippen LogP contribution >= 0.6 is 0 Å². The fourth-order valence-corrected chi connectivity index (χ4v) is 4.41. The molecule has 0 saturated carbocycles. The minimum atomic E-state index is -4.21. The number of sulfonamides is 1. The Balaban J connectivity index is 1.82. The van der Waals surface area contributed by atoms with E-state index < -0.39 is 27.4 Å². The second kappa shape index (κ2) is 11.6. The molecule has 180 valence electrons. The molecule has 1 N–H and O–H groups in total. The zero-order valence-electron chi connectivity index (χ0n) is 18.5. The van der Waals surface area contributed by atoms with E-state index in [1.165, 1.54) is 48.7 Å². The third-order valence-corrected chi connectivity index (χ3v) is 6.36. The zero-order valence-corrected chi connectivity index (χ0v) is 19.3. The molecular weight excluding hydrogens is 472 g/mol. The number of ether oxygens (including phenoxy) is 1. The summed E-state index contributed by atoms with van der Waals surface area (Å²) >= 11 is 0. The highest BCUT2D eigenvalue weighted by molar-refractivity contribution is 7.92. The summed E-state index contributed by atoms with van der Waals surface area (Å²) in [4.78, 5) is 23.1. The molecular formula is C24H22N4O6S. The third-order valence-electron chi connectivity index (χ3n) is 4.58. The maximum atomic E-state index is 13.3. The summed E-state index contributed by atoms with van der Waals surface area (Å²) in [5, 5.41) is 15.1. The number of hydrogen-bond donors (Lipinski definition) is 1. The van der Waals surface area contributed by atoms with E-state index in [1.807, 2.05) is 0 Å². The molecule has 3 aromatic carbocycles. The first-order chi connectivity index (χ1) is 16.8. The van der Waals surface area contributed by atoms with Gasteiger partial charge < -0.3 is 4.74 Å². The molecule has 35 heavy (non-hydrogen) atoms. The Kier molecular flexibility index (Phi) is 8.30. The number of nitrogens with one attached hydrogen (secondary N) is 1. The predicted octanol–water partition coefficient (Wildman–Crippen LogP) is 3.51. The number of nitrogens with zero attached hydrogens (tertiary/aromatic N) is 3. The van der Waals surface area contributed by atoms with Crippen molar-refractivity contribution in [1.29, 1.82) is 0 Å². The van der Waals surface area contributed by atoms with E-state index in [2.05, 4.69) is 17.1 Å². The molecule has 3 rings (SSSR count). The number of non-ortho nitro benzene ring substituents is 1. The first kappa shape index (κ1) is 25.1. The van der Waals surface area contributed by atoms with Crippen LogP contribution in [0.15, 0.2) is 102 Å². The Bertz CT molecular complexity index is 1340. The fraction of sp³-hybridized carbons (Fsp3) is 0.0833. The quantitative estimate of drug-likeness (QED) is 0.188. The van der Waals surface area contributed by atoms with Crippen molar-refractivity contribution in [3.63, 3.8) is 0 Å². The lowest BCUT2D eigenvalue weighted by atomic mass is 10.2. The van der Waals surface area contributed by atoms with Crippen molar-refractivity contribution in [1.82, 2.24) is 5.43 Å². The molecule has 0 aliphatic heterocycles. The van der Waals surface area contributed by atoms with Crippen LogP contribution in [0.4, 0.5) is 11.4 Å². The summed E-state index contributed by atoms with van der Waals surface area (Å²) in [6, 6.07) is 19.5. The van der Waals surface area contributed by atoms with Gasteiger partial charge in [-0.15, -0.1) is 0 Å². The van der Waals surface area contributed by atoms with Gasteiger partial charge in [-0.1, -0.05) is 49.1 Å². The van der Waals surface area contributed by atoms with Crippen LogP contribution in [0.3, 0.4) is 0 Å². The first-order valence-corrected chi connectivity index (χ1v) is 11.7. The monoisotopic (exact) mass is 494 g/mol. The van der Waals surface area contributed by atoms with Crippen LogP contribution in [-0.4, -0.2) is 38.6 Å². The Hall–Kier alpha value is -4.51. The maximum absolute atomic E-state index is 13.3. The minimum Gasteiger partial charge on any atom is -0.490 e. The third kappa shape index (κ3) is 6.74. The van der Waals surface area contributed by atoms with E-state index in [0.29, 0.717) is 17.9 Å². The lowest BCUT2D eigenvalue weighted by Crippen LogP contribution is -2.39. The number of hydrazone groups is 1. The summed E-state index contributed by atoms with van der Waals surface area (Å²) in [6.07, 6.45) is 2.99. The van der Waals surface area contributed by atoms with Gasteiger partial charge in [0.25, 0.3) is 21.6 Å². The zero-order chi connectivity index (χ0) is 25.3. The minimum absolute atomic E-state index is 0.0331. The van der Waals surface area contributed by atoms with Crippen molar-refractivity contribution in [2.45, 2.75) is 4.90 Å².